The van der Waals surface area contributed by atoms with E-state index in [1.807, 2.05) is 0 Å². The molecule has 112 valence electrons. The number of H-pyrrole nitrogens is 1. The molecule has 0 amide bonds. The van der Waals surface area contributed by atoms with E-state index in [2.05, 4.69) is 9.97 Å². The van der Waals surface area contributed by atoms with E-state index in [9.17, 15) is 4.79 Å². The van der Waals surface area contributed by atoms with Crippen molar-refractivity contribution in [1.82, 2.24) is 9.97 Å². The summed E-state index contributed by atoms with van der Waals surface area (Å²) in [6.45, 7) is 2.50. The molecular formula is C16H20N2O3. The fraction of sp³-hybridized carbons (Fsp3) is 0.500. The Labute approximate surface area is 123 Å². The summed E-state index contributed by atoms with van der Waals surface area (Å²) in [5.74, 6) is -0.378. The Balaban J connectivity index is 2.20. The summed E-state index contributed by atoms with van der Waals surface area (Å²) in [5, 5.41) is 1.10. The zero-order chi connectivity index (χ0) is 14.8. The van der Waals surface area contributed by atoms with Crippen LogP contribution in [0.4, 0.5) is 0 Å². The van der Waals surface area contributed by atoms with Crippen LogP contribution in [-0.4, -0.2) is 29.7 Å². The molecule has 0 fully saturated rings. The van der Waals surface area contributed by atoms with Crippen LogP contribution in [0.3, 0.4) is 0 Å². The molecule has 0 bridgehead atoms. The van der Waals surface area contributed by atoms with Crippen LogP contribution in [0.25, 0.3) is 10.9 Å². The second-order valence-electron chi connectivity index (χ2n) is 5.32. The monoisotopic (exact) mass is 288 g/mol. The third-order valence-corrected chi connectivity index (χ3v) is 3.99. The van der Waals surface area contributed by atoms with Crippen LogP contribution in [-0.2, 0) is 28.9 Å². The number of pyridine rings is 1. The van der Waals surface area contributed by atoms with Crippen LogP contribution in [0.5, 0.6) is 0 Å². The number of esters is 1. The average molecular weight is 288 g/mol. The number of nitrogens with zero attached hydrogens (tertiary/aromatic N) is 1. The highest BCUT2D eigenvalue weighted by molar-refractivity contribution is 5.97. The quantitative estimate of drug-likeness (QED) is 0.879. The second-order valence-corrected chi connectivity index (χ2v) is 5.32. The van der Waals surface area contributed by atoms with Crippen molar-refractivity contribution in [3.63, 3.8) is 0 Å². The Kier molecular flexibility index (Phi) is 3.92. The Morgan fingerprint density at radius 2 is 2.19 bits per heavy atom. The van der Waals surface area contributed by atoms with Gasteiger partial charge in [0.15, 0.2) is 5.69 Å². The molecule has 2 heterocycles. The van der Waals surface area contributed by atoms with Crippen LogP contribution in [0, 0.1) is 0 Å². The van der Waals surface area contributed by atoms with Crippen LogP contribution < -0.4 is 0 Å². The minimum absolute atomic E-state index is 0.343. The van der Waals surface area contributed by atoms with Crippen LogP contribution >= 0.6 is 0 Å². The summed E-state index contributed by atoms with van der Waals surface area (Å²) >= 11 is 0. The molecule has 1 aliphatic carbocycles. The molecule has 3 rings (SSSR count). The number of rotatable bonds is 4. The minimum Gasteiger partial charge on any atom is -0.461 e. The number of fused-ring (bicyclic) bond motifs is 3. The number of carbonyl (C=O) groups is 1. The standard InChI is InChI=1S/C16H20N2O3/c1-3-21-16(19)15-11(9-20-2)14-10-6-4-5-7-12(10)18-13(14)8-17-15/h8,18H,3-7,9H2,1-2H3. The van der Waals surface area contributed by atoms with E-state index in [0.29, 0.717) is 18.9 Å². The first kappa shape index (κ1) is 14.1. The van der Waals surface area contributed by atoms with Gasteiger partial charge in [-0.25, -0.2) is 9.78 Å². The number of hydrogen-bond acceptors (Lipinski definition) is 4. The first-order valence-corrected chi connectivity index (χ1v) is 7.43. The third-order valence-electron chi connectivity index (χ3n) is 3.99. The van der Waals surface area contributed by atoms with Gasteiger partial charge in [-0.15, -0.1) is 0 Å². The average Bonchev–Trinajstić information content (AvgIpc) is 2.86. The molecule has 1 aliphatic rings. The summed E-state index contributed by atoms with van der Waals surface area (Å²) in [5.41, 5.74) is 4.79. The Bertz CT molecular complexity index is 676. The molecular weight excluding hydrogens is 268 g/mol. The van der Waals surface area contributed by atoms with E-state index in [1.165, 1.54) is 24.1 Å². The number of aromatic amines is 1. The van der Waals surface area contributed by atoms with Gasteiger partial charge >= 0.3 is 5.97 Å². The van der Waals surface area contributed by atoms with E-state index in [1.54, 1.807) is 20.2 Å². The van der Waals surface area contributed by atoms with Crippen molar-refractivity contribution in [3.8, 4) is 0 Å². The summed E-state index contributed by atoms with van der Waals surface area (Å²) < 4.78 is 10.4. The molecule has 0 saturated carbocycles. The lowest BCUT2D eigenvalue weighted by Crippen LogP contribution is -2.12. The predicted molar refractivity (Wildman–Crippen MR) is 79.4 cm³/mol. The summed E-state index contributed by atoms with van der Waals surface area (Å²) in [4.78, 5) is 19.9. The first-order chi connectivity index (χ1) is 10.3. The molecule has 0 unspecified atom stereocenters. The molecule has 0 aromatic carbocycles. The lowest BCUT2D eigenvalue weighted by Gasteiger charge is -2.13. The van der Waals surface area contributed by atoms with Crippen molar-refractivity contribution >= 4 is 16.9 Å². The normalized spacial score (nSPS) is 14.2. The summed E-state index contributed by atoms with van der Waals surface area (Å²) in [6, 6.07) is 0. The number of aromatic nitrogens is 2. The molecule has 0 atom stereocenters. The number of ether oxygens (including phenoxy) is 2. The number of nitrogens with one attached hydrogen (secondary N) is 1. The maximum atomic E-state index is 12.1. The highest BCUT2D eigenvalue weighted by Crippen LogP contribution is 2.32. The van der Waals surface area contributed by atoms with Crippen molar-refractivity contribution in [1.29, 1.82) is 0 Å². The van der Waals surface area contributed by atoms with Gasteiger partial charge in [-0.1, -0.05) is 0 Å². The van der Waals surface area contributed by atoms with Gasteiger partial charge in [-0.05, 0) is 38.2 Å². The molecule has 0 radical (unpaired) electrons. The first-order valence-electron chi connectivity index (χ1n) is 7.43. The van der Waals surface area contributed by atoms with Gasteiger partial charge in [0, 0.05) is 23.8 Å². The van der Waals surface area contributed by atoms with E-state index in [4.69, 9.17) is 9.47 Å². The number of carbonyl (C=O) groups excluding carboxylic acids is 1. The van der Waals surface area contributed by atoms with Gasteiger partial charge in [0.05, 0.1) is 24.9 Å². The van der Waals surface area contributed by atoms with Gasteiger partial charge in [-0.2, -0.15) is 0 Å². The van der Waals surface area contributed by atoms with Gasteiger partial charge in [0.2, 0.25) is 0 Å². The summed E-state index contributed by atoms with van der Waals surface area (Å²) in [7, 11) is 1.63. The molecule has 0 saturated heterocycles. The molecule has 2 aromatic heterocycles. The topological polar surface area (TPSA) is 64.2 Å². The van der Waals surface area contributed by atoms with Crippen LogP contribution in [0.1, 0.15) is 47.1 Å². The van der Waals surface area contributed by atoms with E-state index in [0.717, 1.165) is 29.3 Å². The van der Waals surface area contributed by atoms with E-state index >= 15 is 0 Å². The maximum Gasteiger partial charge on any atom is 0.357 e. The van der Waals surface area contributed by atoms with Gasteiger partial charge in [0.25, 0.3) is 0 Å². The fourth-order valence-electron chi connectivity index (χ4n) is 3.13. The third kappa shape index (κ3) is 2.42. The number of methoxy groups -OCH3 is 1. The molecule has 2 aromatic rings. The van der Waals surface area contributed by atoms with E-state index < -0.39 is 0 Å². The highest BCUT2D eigenvalue weighted by atomic mass is 16.5. The smallest absolute Gasteiger partial charge is 0.357 e. The SMILES string of the molecule is CCOC(=O)c1ncc2[nH]c3c(c2c1COC)CCCC3. The second kappa shape index (κ2) is 5.85. The minimum atomic E-state index is -0.378. The lowest BCUT2D eigenvalue weighted by molar-refractivity contribution is 0.0514. The van der Waals surface area contributed by atoms with Crippen molar-refractivity contribution in [3.05, 3.63) is 28.7 Å². The zero-order valence-corrected chi connectivity index (χ0v) is 12.5. The predicted octanol–water partition coefficient (Wildman–Crippen LogP) is 2.76. The van der Waals surface area contributed by atoms with Gasteiger partial charge < -0.3 is 14.5 Å². The fourth-order valence-corrected chi connectivity index (χ4v) is 3.13. The highest BCUT2D eigenvalue weighted by Gasteiger charge is 2.23. The van der Waals surface area contributed by atoms with Crippen LogP contribution in [0.2, 0.25) is 0 Å². The molecule has 5 nitrogen and oxygen atoms in total. The maximum absolute atomic E-state index is 12.1. The largest absolute Gasteiger partial charge is 0.461 e. The van der Waals surface area contributed by atoms with Crippen molar-refractivity contribution in [2.75, 3.05) is 13.7 Å². The molecule has 0 spiro atoms. The Morgan fingerprint density at radius 3 is 2.95 bits per heavy atom. The Hall–Kier alpha value is -1.88. The molecule has 1 N–H and O–H groups in total. The van der Waals surface area contributed by atoms with Crippen molar-refractivity contribution in [2.45, 2.75) is 39.2 Å². The zero-order valence-electron chi connectivity index (χ0n) is 12.5. The number of aryl methyl sites for hydroxylation is 2. The molecule has 21 heavy (non-hydrogen) atoms. The number of hydrogen-bond donors (Lipinski definition) is 1. The summed E-state index contributed by atoms with van der Waals surface area (Å²) in [6.07, 6.45) is 6.23. The molecule has 5 heteroatoms. The Morgan fingerprint density at radius 1 is 1.38 bits per heavy atom. The lowest BCUT2D eigenvalue weighted by atomic mass is 9.93. The van der Waals surface area contributed by atoms with Gasteiger partial charge in [-0.3, -0.25) is 0 Å². The van der Waals surface area contributed by atoms with E-state index in [-0.39, 0.29) is 5.97 Å². The van der Waals surface area contributed by atoms with Crippen molar-refractivity contribution in [2.24, 2.45) is 0 Å². The van der Waals surface area contributed by atoms with Crippen molar-refractivity contribution < 1.29 is 14.3 Å². The molecule has 0 aliphatic heterocycles. The van der Waals surface area contributed by atoms with Gasteiger partial charge in [0.1, 0.15) is 0 Å². The van der Waals surface area contributed by atoms with Crippen LogP contribution in [0.15, 0.2) is 6.20 Å².